The number of likely N-dealkylation sites (N-methyl/N-ethyl adjacent to an activating group) is 1. The normalized spacial score (nSPS) is 17.1. The minimum absolute atomic E-state index is 0.0786. The van der Waals surface area contributed by atoms with Gasteiger partial charge in [-0.25, -0.2) is 19.0 Å². The number of carbonyl (C=O) groups is 3. The minimum Gasteiger partial charge on any atom is -0.444 e. The van der Waals surface area contributed by atoms with E-state index in [-0.39, 0.29) is 18.2 Å². The Kier molecular flexibility index (Phi) is 10.0. The summed E-state index contributed by atoms with van der Waals surface area (Å²) in [4.78, 5) is 42.9. The van der Waals surface area contributed by atoms with E-state index < -0.39 is 22.9 Å². The molecule has 0 spiro atoms. The van der Waals surface area contributed by atoms with Crippen molar-refractivity contribution in [1.29, 1.82) is 0 Å². The first-order valence-corrected chi connectivity index (χ1v) is 18.9. The minimum atomic E-state index is -0.650. The number of aryl methyl sites for hydroxylation is 1. The predicted octanol–water partition coefficient (Wildman–Crippen LogP) is 9.50. The van der Waals surface area contributed by atoms with Gasteiger partial charge in [0, 0.05) is 67.3 Å². The second kappa shape index (κ2) is 14.0. The molecule has 11 heteroatoms. The average Bonchev–Trinajstić information content (AvgIpc) is 3.55. The Morgan fingerprint density at radius 3 is 2.00 bits per heavy atom. The third kappa shape index (κ3) is 8.44. The van der Waals surface area contributed by atoms with Crippen LogP contribution in [0.5, 0.6) is 0 Å². The summed E-state index contributed by atoms with van der Waals surface area (Å²) < 4.78 is 21.1. The van der Waals surface area contributed by atoms with Crippen molar-refractivity contribution >= 4 is 51.5 Å². The molecule has 1 N–H and O–H groups in total. The van der Waals surface area contributed by atoms with Crippen LogP contribution in [0.3, 0.4) is 0 Å². The standard InChI is InChI=1S/C42H57N5O6/c1-40(2,3)51-37(48)45(11)29-14-17-35-32(24-29)31-22-27(13-16-34(31)47(35)39(50)53-42(7,8)9)43-28-12-15-30-33(25-44(10)36(30)23-28)26-18-20-46(21-19-26)38(49)52-41(4,5)6/h12-13,15-16,22-23,25-26,29,43H,14,17-21,24H2,1-11H3. The van der Waals surface area contributed by atoms with Gasteiger partial charge < -0.3 is 33.9 Å². The summed E-state index contributed by atoms with van der Waals surface area (Å²) in [5, 5.41) is 5.79. The van der Waals surface area contributed by atoms with Crippen LogP contribution in [0.1, 0.15) is 104 Å². The van der Waals surface area contributed by atoms with Gasteiger partial charge in [-0.05, 0) is 142 Å². The second-order valence-corrected chi connectivity index (χ2v) is 17.8. The van der Waals surface area contributed by atoms with E-state index in [2.05, 4.69) is 47.4 Å². The van der Waals surface area contributed by atoms with Gasteiger partial charge >= 0.3 is 18.3 Å². The Hall–Kier alpha value is -4.67. The Bertz CT molecular complexity index is 2030. The second-order valence-electron chi connectivity index (χ2n) is 17.8. The Balaban J connectivity index is 1.26. The van der Waals surface area contributed by atoms with Crippen LogP contribution in [0.25, 0.3) is 21.8 Å². The number of benzene rings is 2. The molecule has 6 rings (SSSR count). The molecule has 2 amide bonds. The molecule has 11 nitrogen and oxygen atoms in total. The number of amides is 2. The molecule has 2 aliphatic rings. The number of anilines is 2. The van der Waals surface area contributed by atoms with E-state index in [1.54, 1.807) is 16.5 Å². The lowest BCUT2D eigenvalue weighted by atomic mass is 9.89. The number of carbonyl (C=O) groups excluding carboxylic acids is 3. The number of piperidine rings is 1. The summed E-state index contributed by atoms with van der Waals surface area (Å²) in [7, 11) is 3.87. The summed E-state index contributed by atoms with van der Waals surface area (Å²) in [6, 6.07) is 12.5. The van der Waals surface area contributed by atoms with Crippen molar-refractivity contribution in [3.8, 4) is 0 Å². The average molecular weight is 728 g/mol. The molecule has 0 saturated carbocycles. The fraction of sp³-hybridized carbons (Fsp3) is 0.548. The highest BCUT2D eigenvalue weighted by Crippen LogP contribution is 2.38. The third-order valence-corrected chi connectivity index (χ3v) is 10.0. The highest BCUT2D eigenvalue weighted by Gasteiger charge is 2.34. The van der Waals surface area contributed by atoms with Crippen molar-refractivity contribution in [2.75, 3.05) is 25.5 Å². The monoisotopic (exact) mass is 727 g/mol. The van der Waals surface area contributed by atoms with Gasteiger partial charge in [0.05, 0.1) is 11.0 Å². The third-order valence-electron chi connectivity index (χ3n) is 10.0. The highest BCUT2D eigenvalue weighted by atomic mass is 16.6. The molecule has 2 aromatic carbocycles. The van der Waals surface area contributed by atoms with E-state index in [0.29, 0.717) is 38.3 Å². The first-order chi connectivity index (χ1) is 24.7. The van der Waals surface area contributed by atoms with E-state index >= 15 is 0 Å². The molecule has 1 fully saturated rings. The van der Waals surface area contributed by atoms with Gasteiger partial charge in [0.25, 0.3) is 0 Å². The molecule has 286 valence electrons. The van der Waals surface area contributed by atoms with Gasteiger partial charge in [-0.3, -0.25) is 0 Å². The van der Waals surface area contributed by atoms with Crippen LogP contribution in [-0.2, 0) is 34.1 Å². The molecule has 53 heavy (non-hydrogen) atoms. The largest absolute Gasteiger partial charge is 0.444 e. The van der Waals surface area contributed by atoms with Gasteiger partial charge in [0.2, 0.25) is 0 Å². The molecule has 0 bridgehead atoms. The summed E-state index contributed by atoms with van der Waals surface area (Å²) in [6.45, 7) is 18.3. The van der Waals surface area contributed by atoms with Crippen LogP contribution in [-0.4, -0.2) is 80.2 Å². The maximum absolute atomic E-state index is 13.6. The fourth-order valence-electron chi connectivity index (χ4n) is 7.63. The lowest BCUT2D eigenvalue weighted by Crippen LogP contribution is -2.43. The maximum Gasteiger partial charge on any atom is 0.419 e. The number of ether oxygens (including phenoxy) is 3. The van der Waals surface area contributed by atoms with Crippen molar-refractivity contribution in [1.82, 2.24) is 18.9 Å². The summed E-state index contributed by atoms with van der Waals surface area (Å²) in [5.74, 6) is 0.358. The number of likely N-dealkylation sites (tertiary alicyclic amines) is 1. The Morgan fingerprint density at radius 2 is 1.36 bits per heavy atom. The number of aromatic nitrogens is 2. The molecule has 1 atom stereocenters. The van der Waals surface area contributed by atoms with Gasteiger partial charge in [-0.2, -0.15) is 0 Å². The Morgan fingerprint density at radius 1 is 0.755 bits per heavy atom. The molecular formula is C42H57N5O6. The van der Waals surface area contributed by atoms with Crippen LogP contribution in [0.4, 0.5) is 25.8 Å². The lowest BCUT2D eigenvalue weighted by molar-refractivity contribution is 0.0196. The summed E-state index contributed by atoms with van der Waals surface area (Å²) >= 11 is 0. The number of nitrogens with zero attached hydrogens (tertiary/aromatic N) is 4. The smallest absolute Gasteiger partial charge is 0.419 e. The zero-order valence-corrected chi connectivity index (χ0v) is 33.4. The van der Waals surface area contributed by atoms with E-state index in [1.807, 2.05) is 79.3 Å². The number of fused-ring (bicyclic) bond motifs is 4. The number of rotatable bonds is 4. The van der Waals surface area contributed by atoms with E-state index in [9.17, 15) is 14.4 Å². The van der Waals surface area contributed by atoms with Crippen molar-refractivity contribution in [2.24, 2.45) is 7.05 Å². The van der Waals surface area contributed by atoms with E-state index in [0.717, 1.165) is 51.9 Å². The van der Waals surface area contributed by atoms with Crippen LogP contribution in [0, 0.1) is 0 Å². The Labute approximate surface area is 313 Å². The van der Waals surface area contributed by atoms with Gasteiger partial charge in [-0.15, -0.1) is 0 Å². The van der Waals surface area contributed by atoms with Crippen LogP contribution in [0.15, 0.2) is 42.6 Å². The topological polar surface area (TPSA) is 107 Å². The zero-order valence-electron chi connectivity index (χ0n) is 33.4. The predicted molar refractivity (Wildman–Crippen MR) is 209 cm³/mol. The van der Waals surface area contributed by atoms with Gasteiger partial charge in [-0.1, -0.05) is 6.07 Å². The SMILES string of the molecule is CN(C(=O)OC(C)(C)C)C1CCc2c(c3cc(Nc4ccc5c(C6CCN(C(=O)OC(C)(C)C)CC6)cn(C)c5c4)ccc3n2C(=O)OC(C)(C)C)C1. The first kappa shape index (κ1) is 38.1. The van der Waals surface area contributed by atoms with E-state index in [1.165, 1.54) is 10.9 Å². The molecule has 1 saturated heterocycles. The van der Waals surface area contributed by atoms with Crippen molar-refractivity contribution in [3.63, 3.8) is 0 Å². The van der Waals surface area contributed by atoms with Crippen molar-refractivity contribution in [3.05, 3.63) is 59.4 Å². The molecule has 0 radical (unpaired) electrons. The molecule has 1 aliphatic heterocycles. The van der Waals surface area contributed by atoms with Crippen LogP contribution in [0.2, 0.25) is 0 Å². The molecule has 1 aliphatic carbocycles. The quantitative estimate of drug-likeness (QED) is 0.209. The molecule has 4 aromatic rings. The van der Waals surface area contributed by atoms with E-state index in [4.69, 9.17) is 14.2 Å². The van der Waals surface area contributed by atoms with Crippen molar-refractivity contribution in [2.45, 2.75) is 123 Å². The summed E-state index contributed by atoms with van der Waals surface area (Å²) in [5.41, 5.74) is 5.29. The number of nitrogens with one attached hydrogen (secondary N) is 1. The maximum atomic E-state index is 13.6. The van der Waals surface area contributed by atoms with Crippen molar-refractivity contribution < 1.29 is 28.6 Å². The number of hydrogen-bond acceptors (Lipinski definition) is 7. The number of hydrogen-bond donors (Lipinski definition) is 1. The highest BCUT2D eigenvalue weighted by molar-refractivity contribution is 5.96. The van der Waals surface area contributed by atoms with Crippen LogP contribution < -0.4 is 5.32 Å². The first-order valence-electron chi connectivity index (χ1n) is 18.9. The van der Waals surface area contributed by atoms with Gasteiger partial charge in [0.15, 0.2) is 0 Å². The van der Waals surface area contributed by atoms with Crippen LogP contribution >= 0.6 is 0 Å². The molecule has 1 unspecified atom stereocenters. The zero-order chi connectivity index (χ0) is 38.6. The molecule has 3 heterocycles. The lowest BCUT2D eigenvalue weighted by Gasteiger charge is -2.33. The van der Waals surface area contributed by atoms with Gasteiger partial charge in [0.1, 0.15) is 16.8 Å². The molecule has 2 aromatic heterocycles. The molecular weight excluding hydrogens is 670 g/mol. The fourth-order valence-corrected chi connectivity index (χ4v) is 7.63. The summed E-state index contributed by atoms with van der Waals surface area (Å²) in [6.07, 6.45) is 4.93.